The van der Waals surface area contributed by atoms with E-state index in [-0.39, 0.29) is 12.5 Å². The number of nitrogens with zero attached hydrogens (tertiary/aromatic N) is 1. The molecule has 0 saturated heterocycles. The van der Waals surface area contributed by atoms with Crippen molar-refractivity contribution in [1.29, 1.82) is 0 Å². The number of aromatic amines is 1. The van der Waals surface area contributed by atoms with Crippen LogP contribution in [0.15, 0.2) is 42.6 Å². The molecule has 2 N–H and O–H groups in total. The van der Waals surface area contributed by atoms with Gasteiger partial charge < -0.3 is 24.3 Å². The number of methoxy groups -OCH3 is 1. The van der Waals surface area contributed by atoms with Gasteiger partial charge in [-0.05, 0) is 36.4 Å². The van der Waals surface area contributed by atoms with Gasteiger partial charge in [-0.3, -0.25) is 0 Å². The van der Waals surface area contributed by atoms with Gasteiger partial charge in [-0.2, -0.15) is 0 Å². The fourth-order valence-electron chi connectivity index (χ4n) is 3.12. The van der Waals surface area contributed by atoms with Crippen LogP contribution in [-0.2, 0) is 11.3 Å². The molecule has 0 saturated carbocycles. The van der Waals surface area contributed by atoms with Crippen LogP contribution in [0.25, 0.3) is 21.8 Å². The van der Waals surface area contributed by atoms with Crippen LogP contribution in [0.4, 0.5) is 4.79 Å². The van der Waals surface area contributed by atoms with Gasteiger partial charge in [0, 0.05) is 28.4 Å². The van der Waals surface area contributed by atoms with Gasteiger partial charge in [0.15, 0.2) is 0 Å². The topological polar surface area (TPSA) is 93.7 Å². The Labute approximate surface area is 174 Å². The van der Waals surface area contributed by atoms with E-state index in [1.165, 1.54) is 13.3 Å². The molecule has 2 aromatic carbocycles. The van der Waals surface area contributed by atoms with E-state index in [9.17, 15) is 4.79 Å². The molecule has 0 fully saturated rings. The number of H-pyrrole nitrogens is 1. The highest BCUT2D eigenvalue weighted by Gasteiger charge is 2.18. The van der Waals surface area contributed by atoms with Crippen LogP contribution in [0.1, 0.15) is 5.56 Å². The van der Waals surface area contributed by atoms with Crippen LogP contribution < -0.4 is 9.47 Å². The highest BCUT2D eigenvalue weighted by atomic mass is 35.5. The van der Waals surface area contributed by atoms with Gasteiger partial charge in [-0.15, -0.1) is 0 Å². The molecule has 0 aliphatic heterocycles. The van der Waals surface area contributed by atoms with Crippen molar-refractivity contribution in [2.45, 2.75) is 6.61 Å². The molecule has 0 bridgehead atoms. The summed E-state index contributed by atoms with van der Waals surface area (Å²) in [5, 5.41) is 11.4. The summed E-state index contributed by atoms with van der Waals surface area (Å²) in [6, 6.07) is 10.4. The van der Waals surface area contributed by atoms with Gasteiger partial charge >= 0.3 is 6.16 Å². The number of rotatable bonds is 5. The molecule has 29 heavy (non-hydrogen) atoms. The number of ether oxygens (including phenoxy) is 3. The summed E-state index contributed by atoms with van der Waals surface area (Å²) >= 11 is 12.1. The average molecular weight is 433 g/mol. The van der Waals surface area contributed by atoms with E-state index in [2.05, 4.69) is 9.97 Å². The number of hydrogen-bond acceptors (Lipinski definition) is 5. The molecule has 0 unspecified atom stereocenters. The summed E-state index contributed by atoms with van der Waals surface area (Å²) in [5.74, 6) is 0.979. The minimum atomic E-state index is -1.45. The van der Waals surface area contributed by atoms with Crippen LogP contribution in [0.5, 0.6) is 17.4 Å². The molecule has 4 aromatic rings. The Morgan fingerprint density at radius 1 is 1.17 bits per heavy atom. The van der Waals surface area contributed by atoms with Crippen LogP contribution in [0.3, 0.4) is 0 Å². The number of aromatic nitrogens is 2. The lowest BCUT2D eigenvalue weighted by molar-refractivity contribution is 0.139. The van der Waals surface area contributed by atoms with E-state index in [1.54, 1.807) is 24.3 Å². The lowest BCUT2D eigenvalue weighted by Gasteiger charge is -2.09. The maximum Gasteiger partial charge on any atom is 0.512 e. The lowest BCUT2D eigenvalue weighted by atomic mass is 10.1. The Hall–Kier alpha value is -3.00. The third-order valence-electron chi connectivity index (χ3n) is 4.26. The first-order valence-corrected chi connectivity index (χ1v) is 9.18. The first-order chi connectivity index (χ1) is 14.0. The van der Waals surface area contributed by atoms with Crippen LogP contribution in [-0.4, -0.2) is 28.3 Å². The van der Waals surface area contributed by atoms with Gasteiger partial charge in [0.1, 0.15) is 11.5 Å². The summed E-state index contributed by atoms with van der Waals surface area (Å²) in [6.07, 6.45) is 0.0686. The standard InChI is InChI=1S/C20H14Cl2N2O5/c1-27-9-13-18-12-7-11(28-17-5-2-10(21)6-14(17)22)3-4-15(12)24-16(18)8-23-19(13)29-20(25)26/h2-8,24H,9H2,1H3,(H,25,26). The molecule has 7 nitrogen and oxygen atoms in total. The average Bonchev–Trinajstić information content (AvgIpc) is 3.04. The van der Waals surface area contributed by atoms with Crippen molar-refractivity contribution < 1.29 is 24.1 Å². The number of carboxylic acid groups (broad SMARTS) is 1. The van der Waals surface area contributed by atoms with E-state index in [0.29, 0.717) is 32.6 Å². The van der Waals surface area contributed by atoms with Gasteiger partial charge in [0.05, 0.1) is 28.9 Å². The van der Waals surface area contributed by atoms with E-state index in [4.69, 9.17) is 42.5 Å². The normalized spacial score (nSPS) is 11.1. The second-order valence-corrected chi connectivity index (χ2v) is 6.98. The quantitative estimate of drug-likeness (QED) is 0.374. The van der Waals surface area contributed by atoms with Gasteiger partial charge in [0.2, 0.25) is 5.88 Å². The van der Waals surface area contributed by atoms with Gasteiger partial charge in [0.25, 0.3) is 0 Å². The Morgan fingerprint density at radius 2 is 2.00 bits per heavy atom. The largest absolute Gasteiger partial charge is 0.512 e. The Kier molecular flexibility index (Phi) is 5.19. The lowest BCUT2D eigenvalue weighted by Crippen LogP contribution is -2.07. The van der Waals surface area contributed by atoms with Crippen molar-refractivity contribution >= 4 is 51.2 Å². The third kappa shape index (κ3) is 3.80. The maximum atomic E-state index is 11.0. The number of fused-ring (bicyclic) bond motifs is 3. The van der Waals surface area contributed by atoms with Crippen molar-refractivity contribution in [2.75, 3.05) is 7.11 Å². The summed E-state index contributed by atoms with van der Waals surface area (Å²) in [4.78, 5) is 18.4. The zero-order valence-electron chi connectivity index (χ0n) is 15.0. The molecular weight excluding hydrogens is 419 g/mol. The Bertz CT molecular complexity index is 1240. The number of nitrogens with one attached hydrogen (secondary N) is 1. The van der Waals surface area contributed by atoms with Crippen LogP contribution in [0, 0.1) is 0 Å². The van der Waals surface area contributed by atoms with Crippen molar-refractivity contribution in [2.24, 2.45) is 0 Å². The molecule has 4 rings (SSSR count). The third-order valence-corrected chi connectivity index (χ3v) is 4.79. The molecule has 0 aliphatic rings. The predicted octanol–water partition coefficient (Wildman–Crippen LogP) is 6.02. The second kappa shape index (κ2) is 7.79. The van der Waals surface area contributed by atoms with Crippen molar-refractivity contribution in [1.82, 2.24) is 9.97 Å². The molecule has 0 radical (unpaired) electrons. The van der Waals surface area contributed by atoms with Crippen LogP contribution >= 0.6 is 23.2 Å². The first kappa shape index (κ1) is 19.3. The monoisotopic (exact) mass is 432 g/mol. The highest BCUT2D eigenvalue weighted by molar-refractivity contribution is 6.35. The van der Waals surface area contributed by atoms with Crippen molar-refractivity contribution in [3.63, 3.8) is 0 Å². The molecular formula is C20H14Cl2N2O5. The molecule has 148 valence electrons. The minimum absolute atomic E-state index is 0.0279. The zero-order valence-corrected chi connectivity index (χ0v) is 16.5. The summed E-state index contributed by atoms with van der Waals surface area (Å²) < 4.78 is 16.0. The summed E-state index contributed by atoms with van der Waals surface area (Å²) in [7, 11) is 1.51. The van der Waals surface area contributed by atoms with Crippen LogP contribution in [0.2, 0.25) is 10.0 Å². The fraction of sp³-hybridized carbons (Fsp3) is 0.100. The SMILES string of the molecule is COCc1c(OC(=O)O)ncc2[nH]c3ccc(Oc4ccc(Cl)cc4Cl)cc3c12. The molecule has 2 heterocycles. The number of halogens is 2. The second-order valence-electron chi connectivity index (χ2n) is 6.14. The number of benzene rings is 2. The van der Waals surface area contributed by atoms with E-state index < -0.39 is 6.16 Å². The molecule has 0 atom stereocenters. The van der Waals surface area contributed by atoms with Gasteiger partial charge in [-0.1, -0.05) is 23.2 Å². The molecule has 2 aromatic heterocycles. The smallest absolute Gasteiger partial charge is 0.456 e. The Morgan fingerprint density at radius 3 is 2.72 bits per heavy atom. The zero-order chi connectivity index (χ0) is 20.5. The molecule has 0 aliphatic carbocycles. The highest BCUT2D eigenvalue weighted by Crippen LogP contribution is 2.37. The Balaban J connectivity index is 1.85. The van der Waals surface area contributed by atoms with E-state index in [0.717, 1.165) is 16.3 Å². The number of pyridine rings is 1. The fourth-order valence-corrected chi connectivity index (χ4v) is 3.57. The predicted molar refractivity (Wildman–Crippen MR) is 110 cm³/mol. The van der Waals surface area contributed by atoms with Crippen molar-refractivity contribution in [3.8, 4) is 17.4 Å². The number of hydrogen-bond donors (Lipinski definition) is 2. The van der Waals surface area contributed by atoms with E-state index in [1.807, 2.05) is 12.1 Å². The number of carbonyl (C=O) groups is 1. The molecule has 9 heteroatoms. The van der Waals surface area contributed by atoms with Gasteiger partial charge in [-0.25, -0.2) is 9.78 Å². The summed E-state index contributed by atoms with van der Waals surface area (Å²) in [5.41, 5.74) is 2.05. The maximum absolute atomic E-state index is 11.0. The first-order valence-electron chi connectivity index (χ1n) is 8.42. The van der Waals surface area contributed by atoms with E-state index >= 15 is 0 Å². The minimum Gasteiger partial charge on any atom is -0.456 e. The summed E-state index contributed by atoms with van der Waals surface area (Å²) in [6.45, 7) is 0.119. The molecule has 0 amide bonds. The van der Waals surface area contributed by atoms with Crippen molar-refractivity contribution in [3.05, 3.63) is 58.2 Å². The molecule has 0 spiro atoms.